The monoisotopic (exact) mass is 178 g/mol. The molecule has 2 aromatic rings. The fourth-order valence-corrected chi connectivity index (χ4v) is 1.14. The van der Waals surface area contributed by atoms with Gasteiger partial charge in [0.25, 0.3) is 0 Å². The molecule has 6 heteroatoms. The van der Waals surface area contributed by atoms with Crippen molar-refractivity contribution in [1.29, 1.82) is 0 Å². The Bertz CT molecular complexity index is 476. The Hall–Kier alpha value is -1.98. The first-order valence-corrected chi connectivity index (χ1v) is 3.55. The maximum atomic E-state index is 10.7. The summed E-state index contributed by atoms with van der Waals surface area (Å²) >= 11 is 0. The molecular formula is C7H6N4O2. The Morgan fingerprint density at radius 2 is 2.23 bits per heavy atom. The average molecular weight is 178 g/mol. The number of hydrogen-bond acceptors (Lipinski definition) is 4. The molecule has 0 unspecified atom stereocenters. The van der Waals surface area contributed by atoms with E-state index in [2.05, 4.69) is 15.0 Å². The third-order valence-corrected chi connectivity index (χ3v) is 1.71. The summed E-state index contributed by atoms with van der Waals surface area (Å²) in [5, 5.41) is 8.79. The van der Waals surface area contributed by atoms with Crippen LogP contribution in [-0.4, -0.2) is 30.6 Å². The van der Waals surface area contributed by atoms with E-state index in [-0.39, 0.29) is 5.69 Å². The molecular weight excluding hydrogens is 172 g/mol. The number of fused-ring (bicyclic) bond motifs is 1. The molecule has 0 saturated carbocycles. The summed E-state index contributed by atoms with van der Waals surface area (Å²) in [6.07, 6.45) is 2.70. The normalized spacial score (nSPS) is 10.5. The van der Waals surface area contributed by atoms with Gasteiger partial charge in [0.2, 0.25) is 0 Å². The molecule has 0 radical (unpaired) electrons. The summed E-state index contributed by atoms with van der Waals surface area (Å²) in [6, 6.07) is 0. The zero-order valence-corrected chi connectivity index (χ0v) is 6.80. The first-order chi connectivity index (χ1) is 6.20. The van der Waals surface area contributed by atoms with E-state index in [0.29, 0.717) is 11.2 Å². The summed E-state index contributed by atoms with van der Waals surface area (Å²) in [4.78, 5) is 22.2. The van der Waals surface area contributed by atoms with Crippen LogP contribution in [0.25, 0.3) is 11.2 Å². The van der Waals surface area contributed by atoms with Crippen LogP contribution in [-0.2, 0) is 7.05 Å². The van der Waals surface area contributed by atoms with Crippen LogP contribution in [0.4, 0.5) is 0 Å². The van der Waals surface area contributed by atoms with Crippen molar-refractivity contribution < 1.29 is 9.90 Å². The van der Waals surface area contributed by atoms with Crippen molar-refractivity contribution in [2.75, 3.05) is 0 Å². The van der Waals surface area contributed by atoms with Crippen molar-refractivity contribution in [1.82, 2.24) is 19.5 Å². The average Bonchev–Trinajstić information content (AvgIpc) is 2.48. The highest BCUT2D eigenvalue weighted by Gasteiger charge is 2.13. The van der Waals surface area contributed by atoms with Crippen LogP contribution in [0, 0.1) is 0 Å². The van der Waals surface area contributed by atoms with Gasteiger partial charge in [-0.3, -0.25) is 0 Å². The van der Waals surface area contributed by atoms with Crippen molar-refractivity contribution in [2.45, 2.75) is 0 Å². The minimum absolute atomic E-state index is 0.0231. The van der Waals surface area contributed by atoms with Crippen LogP contribution in [0.2, 0.25) is 0 Å². The van der Waals surface area contributed by atoms with E-state index in [1.165, 1.54) is 12.7 Å². The van der Waals surface area contributed by atoms with Crippen molar-refractivity contribution >= 4 is 17.1 Å². The lowest BCUT2D eigenvalue weighted by molar-refractivity contribution is 0.0692. The lowest BCUT2D eigenvalue weighted by Gasteiger charge is -1.96. The molecule has 0 fully saturated rings. The lowest BCUT2D eigenvalue weighted by Crippen LogP contribution is -2.04. The molecule has 66 valence electrons. The van der Waals surface area contributed by atoms with Crippen molar-refractivity contribution in [3.8, 4) is 0 Å². The maximum absolute atomic E-state index is 10.7. The van der Waals surface area contributed by atoms with Gasteiger partial charge >= 0.3 is 5.97 Å². The van der Waals surface area contributed by atoms with E-state index in [0.717, 1.165) is 0 Å². The van der Waals surface area contributed by atoms with Crippen LogP contribution in [0.3, 0.4) is 0 Å². The molecule has 0 aliphatic carbocycles. The third-order valence-electron chi connectivity index (χ3n) is 1.71. The summed E-state index contributed by atoms with van der Waals surface area (Å²) in [5.74, 6) is -1.07. The van der Waals surface area contributed by atoms with Gasteiger partial charge in [-0.25, -0.2) is 19.7 Å². The molecule has 2 rings (SSSR count). The summed E-state index contributed by atoms with van der Waals surface area (Å²) in [6.45, 7) is 0. The number of aromatic nitrogens is 4. The Kier molecular flexibility index (Phi) is 1.48. The van der Waals surface area contributed by atoms with Crippen LogP contribution in [0.15, 0.2) is 12.7 Å². The molecule has 0 amide bonds. The molecule has 0 saturated heterocycles. The molecule has 0 aliphatic rings. The Labute approximate surface area is 72.9 Å². The lowest BCUT2D eigenvalue weighted by atomic mass is 10.3. The SMILES string of the molecule is Cn1cnc2ncnc(C(=O)O)c21. The predicted octanol–water partition coefficient (Wildman–Crippen LogP) is 0.0615. The molecule has 1 N–H and O–H groups in total. The smallest absolute Gasteiger partial charge is 0.356 e. The summed E-state index contributed by atoms with van der Waals surface area (Å²) < 4.78 is 1.58. The van der Waals surface area contributed by atoms with Gasteiger partial charge in [0.15, 0.2) is 11.3 Å². The van der Waals surface area contributed by atoms with Gasteiger partial charge in [-0.2, -0.15) is 0 Å². The fraction of sp³-hybridized carbons (Fsp3) is 0.143. The molecule has 0 aliphatic heterocycles. The largest absolute Gasteiger partial charge is 0.476 e. The Morgan fingerprint density at radius 1 is 1.46 bits per heavy atom. The van der Waals surface area contributed by atoms with E-state index in [1.807, 2.05) is 0 Å². The standard InChI is InChI=1S/C7H6N4O2/c1-11-3-10-6-5(11)4(7(12)13)8-2-9-6/h2-3H,1H3,(H,12,13). The van der Waals surface area contributed by atoms with E-state index in [1.54, 1.807) is 11.6 Å². The maximum Gasteiger partial charge on any atom is 0.356 e. The minimum atomic E-state index is -1.07. The van der Waals surface area contributed by atoms with Gasteiger partial charge in [0.1, 0.15) is 11.8 Å². The second kappa shape index (κ2) is 2.51. The molecule has 2 heterocycles. The first-order valence-electron chi connectivity index (χ1n) is 3.55. The van der Waals surface area contributed by atoms with Crippen molar-refractivity contribution in [3.05, 3.63) is 18.3 Å². The molecule has 6 nitrogen and oxygen atoms in total. The van der Waals surface area contributed by atoms with Gasteiger partial charge in [-0.1, -0.05) is 0 Å². The molecule has 0 spiro atoms. The van der Waals surface area contributed by atoms with Gasteiger partial charge < -0.3 is 9.67 Å². The van der Waals surface area contributed by atoms with E-state index in [4.69, 9.17) is 5.11 Å². The number of hydrogen-bond donors (Lipinski definition) is 1. The summed E-state index contributed by atoms with van der Waals surface area (Å²) in [7, 11) is 1.70. The van der Waals surface area contributed by atoms with Gasteiger partial charge in [0, 0.05) is 7.05 Å². The number of carbonyl (C=O) groups is 1. The second-order valence-electron chi connectivity index (χ2n) is 2.56. The number of imidazole rings is 1. The van der Waals surface area contributed by atoms with Gasteiger partial charge in [-0.15, -0.1) is 0 Å². The van der Waals surface area contributed by atoms with Gasteiger partial charge in [-0.05, 0) is 0 Å². The zero-order valence-electron chi connectivity index (χ0n) is 6.80. The quantitative estimate of drug-likeness (QED) is 0.667. The molecule has 0 bridgehead atoms. The second-order valence-corrected chi connectivity index (χ2v) is 2.56. The van der Waals surface area contributed by atoms with Crippen LogP contribution < -0.4 is 0 Å². The molecule has 0 aromatic carbocycles. The van der Waals surface area contributed by atoms with Crippen LogP contribution in [0.5, 0.6) is 0 Å². The number of carboxylic acid groups (broad SMARTS) is 1. The van der Waals surface area contributed by atoms with Crippen molar-refractivity contribution in [2.24, 2.45) is 7.05 Å². The van der Waals surface area contributed by atoms with Gasteiger partial charge in [0.05, 0.1) is 6.33 Å². The first kappa shape index (κ1) is 7.66. The molecule has 2 aromatic heterocycles. The number of carboxylic acids is 1. The van der Waals surface area contributed by atoms with E-state index >= 15 is 0 Å². The van der Waals surface area contributed by atoms with Crippen LogP contribution >= 0.6 is 0 Å². The topological polar surface area (TPSA) is 80.9 Å². The molecule has 13 heavy (non-hydrogen) atoms. The Morgan fingerprint density at radius 3 is 2.92 bits per heavy atom. The fourth-order valence-electron chi connectivity index (χ4n) is 1.14. The zero-order chi connectivity index (χ0) is 9.42. The van der Waals surface area contributed by atoms with Crippen LogP contribution in [0.1, 0.15) is 10.5 Å². The van der Waals surface area contributed by atoms with E-state index in [9.17, 15) is 4.79 Å². The Balaban J connectivity index is 2.88. The third kappa shape index (κ3) is 1.03. The number of aryl methyl sites for hydroxylation is 1. The van der Waals surface area contributed by atoms with E-state index < -0.39 is 5.97 Å². The van der Waals surface area contributed by atoms with Crippen molar-refractivity contribution in [3.63, 3.8) is 0 Å². The number of rotatable bonds is 1. The number of aromatic carboxylic acids is 1. The predicted molar refractivity (Wildman–Crippen MR) is 43.3 cm³/mol. The number of nitrogens with zero attached hydrogens (tertiary/aromatic N) is 4. The highest BCUT2D eigenvalue weighted by atomic mass is 16.4. The highest BCUT2D eigenvalue weighted by Crippen LogP contribution is 2.11. The molecule has 0 atom stereocenters. The highest BCUT2D eigenvalue weighted by molar-refractivity contribution is 5.97. The minimum Gasteiger partial charge on any atom is -0.476 e. The summed E-state index contributed by atoms with van der Waals surface area (Å²) in [5.41, 5.74) is 0.815.